The lowest BCUT2D eigenvalue weighted by Gasteiger charge is -2.28. The molecule has 0 atom stereocenters. The summed E-state index contributed by atoms with van der Waals surface area (Å²) in [6, 6.07) is 84.6. The highest BCUT2D eigenvalue weighted by Gasteiger charge is 2.36. The van der Waals surface area contributed by atoms with Crippen LogP contribution in [0.4, 0.5) is 17.1 Å². The third-order valence-electron chi connectivity index (χ3n) is 13.5. The number of anilines is 3. The van der Waals surface area contributed by atoms with Crippen molar-refractivity contribution in [1.82, 2.24) is 0 Å². The molecule has 0 saturated carbocycles. The average molecular weight is 832 g/mol. The fourth-order valence-corrected chi connectivity index (χ4v) is 9.75. The van der Waals surface area contributed by atoms with E-state index in [4.69, 9.17) is 0 Å². The Bertz CT molecular complexity index is 3360. The number of nitrogens with zero attached hydrogens (tertiary/aromatic N) is 1. The number of benzene rings is 10. The predicted octanol–water partition coefficient (Wildman–Crippen LogP) is 18.0. The van der Waals surface area contributed by atoms with Crippen LogP contribution in [0.25, 0.3) is 83.1 Å². The van der Waals surface area contributed by atoms with Crippen LogP contribution in [0.3, 0.4) is 0 Å². The summed E-state index contributed by atoms with van der Waals surface area (Å²) in [7, 11) is 0. The third-order valence-corrected chi connectivity index (χ3v) is 13.5. The van der Waals surface area contributed by atoms with Crippen LogP contribution in [-0.4, -0.2) is 0 Å². The van der Waals surface area contributed by atoms with Gasteiger partial charge in [0.1, 0.15) is 0 Å². The lowest BCUT2D eigenvalue weighted by atomic mass is 9.81. The maximum atomic E-state index is 4.09. The van der Waals surface area contributed by atoms with Crippen LogP contribution in [0.5, 0.6) is 0 Å². The van der Waals surface area contributed by atoms with Crippen molar-refractivity contribution in [3.05, 3.63) is 254 Å². The van der Waals surface area contributed by atoms with Crippen molar-refractivity contribution >= 4 is 33.4 Å². The van der Waals surface area contributed by atoms with Crippen LogP contribution in [0.1, 0.15) is 37.5 Å². The van der Waals surface area contributed by atoms with Gasteiger partial charge >= 0.3 is 0 Å². The highest BCUT2D eigenvalue weighted by atomic mass is 15.1. The summed E-state index contributed by atoms with van der Waals surface area (Å²) < 4.78 is 0. The van der Waals surface area contributed by atoms with Gasteiger partial charge in [-0.2, -0.15) is 0 Å². The minimum absolute atomic E-state index is 0.197. The van der Waals surface area contributed by atoms with Gasteiger partial charge in [-0.15, -0.1) is 0 Å². The van der Waals surface area contributed by atoms with Crippen molar-refractivity contribution in [3.63, 3.8) is 0 Å². The Hall–Kier alpha value is -8.00. The summed E-state index contributed by atoms with van der Waals surface area (Å²) in [6.07, 6.45) is 0. The molecule has 0 unspecified atom stereocenters. The van der Waals surface area contributed by atoms with Gasteiger partial charge < -0.3 is 4.90 Å². The second kappa shape index (κ2) is 16.3. The predicted molar refractivity (Wildman–Crippen MR) is 278 cm³/mol. The van der Waals surface area contributed by atoms with E-state index in [0.29, 0.717) is 0 Å². The molecule has 10 aromatic carbocycles. The van der Waals surface area contributed by atoms with E-state index in [1.165, 1.54) is 94.2 Å². The lowest BCUT2D eigenvalue weighted by Crippen LogP contribution is -2.16. The van der Waals surface area contributed by atoms with E-state index in [-0.39, 0.29) is 5.41 Å². The van der Waals surface area contributed by atoms with E-state index >= 15 is 0 Å². The highest BCUT2D eigenvalue weighted by molar-refractivity contribution is 5.91. The Morgan fingerprint density at radius 3 is 1.23 bits per heavy atom. The maximum absolute atomic E-state index is 4.09. The van der Waals surface area contributed by atoms with Gasteiger partial charge in [0.2, 0.25) is 0 Å². The van der Waals surface area contributed by atoms with Crippen molar-refractivity contribution < 1.29 is 0 Å². The third kappa shape index (κ3) is 7.46. The standard InChI is InChI=1S/C64H49N/c1-43(2)44-14-16-48(17-15-44)49-22-24-51(25-23-49)53-30-35-58(36-31-53)65(57-33-28-52(29-34-57)50-20-18-47(19-21-50)45-10-6-5-7-11-45)59-37-39-61-60-38-32-56(41-62(60)64(3,4)63(61)42-59)55-27-26-46-12-8-9-13-54(46)40-55/h5-42H,1H2,2-4H3. The first-order valence-corrected chi connectivity index (χ1v) is 22.6. The molecule has 11 rings (SSSR count). The van der Waals surface area contributed by atoms with Gasteiger partial charge in [0.05, 0.1) is 0 Å². The zero-order chi connectivity index (χ0) is 44.1. The summed E-state index contributed by atoms with van der Waals surface area (Å²) >= 11 is 0. The zero-order valence-electron chi connectivity index (χ0n) is 37.1. The Morgan fingerprint density at radius 2 is 0.708 bits per heavy atom. The van der Waals surface area contributed by atoms with Crippen LogP contribution >= 0.6 is 0 Å². The molecular weight excluding hydrogens is 783 g/mol. The normalized spacial score (nSPS) is 12.4. The van der Waals surface area contributed by atoms with Crippen molar-refractivity contribution in [2.75, 3.05) is 4.90 Å². The molecule has 0 heterocycles. The van der Waals surface area contributed by atoms with Crippen LogP contribution < -0.4 is 4.90 Å². The number of fused-ring (bicyclic) bond motifs is 4. The molecule has 0 amide bonds. The van der Waals surface area contributed by atoms with Crippen molar-refractivity contribution in [3.8, 4) is 66.8 Å². The van der Waals surface area contributed by atoms with Crippen molar-refractivity contribution in [2.45, 2.75) is 26.2 Å². The minimum atomic E-state index is -0.197. The summed E-state index contributed by atoms with van der Waals surface area (Å²) in [5.74, 6) is 0. The first-order chi connectivity index (χ1) is 31.8. The van der Waals surface area contributed by atoms with E-state index in [1.807, 2.05) is 6.92 Å². The Morgan fingerprint density at radius 1 is 0.338 bits per heavy atom. The van der Waals surface area contributed by atoms with E-state index in [0.717, 1.165) is 22.6 Å². The molecule has 0 radical (unpaired) electrons. The van der Waals surface area contributed by atoms with Gasteiger partial charge in [0, 0.05) is 22.5 Å². The number of hydrogen-bond acceptors (Lipinski definition) is 1. The molecule has 1 aliphatic rings. The molecule has 1 nitrogen and oxygen atoms in total. The molecular formula is C64H49N. The van der Waals surface area contributed by atoms with Gasteiger partial charge in [-0.05, 0) is 150 Å². The van der Waals surface area contributed by atoms with E-state index in [1.54, 1.807) is 0 Å². The topological polar surface area (TPSA) is 3.24 Å². The Balaban J connectivity index is 0.937. The monoisotopic (exact) mass is 831 g/mol. The van der Waals surface area contributed by atoms with Crippen LogP contribution in [0, 0.1) is 0 Å². The molecule has 310 valence electrons. The summed E-state index contributed by atoms with van der Waals surface area (Å²) in [6.45, 7) is 10.9. The first-order valence-electron chi connectivity index (χ1n) is 22.6. The zero-order valence-corrected chi connectivity index (χ0v) is 37.1. The smallest absolute Gasteiger partial charge is 0.0465 e. The van der Waals surface area contributed by atoms with Crippen LogP contribution in [-0.2, 0) is 5.41 Å². The summed E-state index contributed by atoms with van der Waals surface area (Å²) in [4.78, 5) is 2.41. The Labute approximate surface area is 383 Å². The second-order valence-electron chi connectivity index (χ2n) is 18.0. The minimum Gasteiger partial charge on any atom is -0.310 e. The quantitative estimate of drug-likeness (QED) is 0.140. The number of hydrogen-bond donors (Lipinski definition) is 0. The van der Waals surface area contributed by atoms with Crippen molar-refractivity contribution in [1.29, 1.82) is 0 Å². The second-order valence-corrected chi connectivity index (χ2v) is 18.0. The summed E-state index contributed by atoms with van der Waals surface area (Å²) in [5, 5.41) is 2.53. The average Bonchev–Trinajstić information content (AvgIpc) is 3.59. The van der Waals surface area contributed by atoms with Crippen LogP contribution in [0.2, 0.25) is 0 Å². The molecule has 0 spiro atoms. The van der Waals surface area contributed by atoms with E-state index in [9.17, 15) is 0 Å². The first kappa shape index (κ1) is 39.8. The SMILES string of the molecule is C=C(C)c1ccc(-c2ccc(-c3ccc(N(c4ccc(-c5ccc(-c6ccccc6)cc5)cc4)c4ccc5c(c4)C(C)(C)c4cc(-c6ccc7ccccc7c6)ccc4-5)cc3)cc2)cc1. The molecule has 10 aromatic rings. The van der Waals surface area contributed by atoms with Gasteiger partial charge in [-0.3, -0.25) is 0 Å². The molecule has 0 saturated heterocycles. The molecule has 0 bridgehead atoms. The maximum Gasteiger partial charge on any atom is 0.0465 e. The van der Waals surface area contributed by atoms with Gasteiger partial charge in [0.15, 0.2) is 0 Å². The van der Waals surface area contributed by atoms with Gasteiger partial charge in [-0.25, -0.2) is 0 Å². The molecule has 0 aliphatic heterocycles. The molecule has 1 aliphatic carbocycles. The Kier molecular flexibility index (Phi) is 9.97. The molecule has 0 aromatic heterocycles. The number of allylic oxidation sites excluding steroid dienone is 1. The highest BCUT2D eigenvalue weighted by Crippen LogP contribution is 2.52. The lowest BCUT2D eigenvalue weighted by molar-refractivity contribution is 0.660. The van der Waals surface area contributed by atoms with E-state index in [2.05, 4.69) is 256 Å². The fourth-order valence-electron chi connectivity index (χ4n) is 9.75. The largest absolute Gasteiger partial charge is 0.310 e. The van der Waals surface area contributed by atoms with Crippen LogP contribution in [0.15, 0.2) is 237 Å². The molecule has 0 fully saturated rings. The summed E-state index contributed by atoms with van der Waals surface area (Å²) in [5.41, 5.74) is 22.8. The van der Waals surface area contributed by atoms with Gasteiger partial charge in [-0.1, -0.05) is 208 Å². The fraction of sp³-hybridized carbons (Fsp3) is 0.0625. The van der Waals surface area contributed by atoms with Crippen molar-refractivity contribution in [2.24, 2.45) is 0 Å². The molecule has 0 N–H and O–H groups in total. The number of rotatable bonds is 9. The van der Waals surface area contributed by atoms with Gasteiger partial charge in [0.25, 0.3) is 0 Å². The molecule has 1 heteroatoms. The van der Waals surface area contributed by atoms with E-state index < -0.39 is 0 Å². The molecule has 65 heavy (non-hydrogen) atoms.